The zero-order chi connectivity index (χ0) is 11.6. The first-order valence-electron chi connectivity index (χ1n) is 3.00. The standard InChI is InChI=1S/C2H10N6O4P2/c3-13(4,11)7-1(9)2(10)8-14(5,6)12/h(H5,3,4,7,9,11)(H5,5,6,8,10,12). The summed E-state index contributed by atoms with van der Waals surface area (Å²) in [7, 11) is -7.75. The van der Waals surface area contributed by atoms with Crippen LogP contribution in [0.5, 0.6) is 0 Å². The van der Waals surface area contributed by atoms with Crippen molar-refractivity contribution in [2.45, 2.75) is 0 Å². The normalized spacial score (nSPS) is 12.0. The summed E-state index contributed by atoms with van der Waals surface area (Å²) < 4.78 is 21.2. The van der Waals surface area contributed by atoms with E-state index in [1.807, 2.05) is 0 Å². The van der Waals surface area contributed by atoms with Crippen LogP contribution in [0.3, 0.4) is 0 Å². The lowest BCUT2D eigenvalue weighted by atomic mass is 10.6. The van der Waals surface area contributed by atoms with Gasteiger partial charge in [-0.1, -0.05) is 0 Å². The topological polar surface area (TPSA) is 196 Å². The summed E-state index contributed by atoms with van der Waals surface area (Å²) in [5, 5.41) is 2.94. The van der Waals surface area contributed by atoms with Crippen molar-refractivity contribution >= 4 is 27.0 Å². The average molecular weight is 244 g/mol. The quantitative estimate of drug-likeness (QED) is 0.222. The van der Waals surface area contributed by atoms with Crippen molar-refractivity contribution < 1.29 is 18.7 Å². The van der Waals surface area contributed by atoms with E-state index in [-0.39, 0.29) is 0 Å². The Kier molecular flexibility index (Phi) is 3.95. The molecule has 0 aromatic heterocycles. The molecule has 10 N–H and O–H groups in total. The molecule has 0 fully saturated rings. The molecular formula is C2H10N6O4P2. The molecule has 0 aliphatic carbocycles. The number of nitrogens with two attached hydrogens (primary N) is 4. The van der Waals surface area contributed by atoms with Crippen LogP contribution in [0.25, 0.3) is 0 Å². The molecule has 82 valence electrons. The maximum absolute atomic E-state index is 10.7. The zero-order valence-electron chi connectivity index (χ0n) is 6.84. The lowest BCUT2D eigenvalue weighted by Gasteiger charge is -2.10. The van der Waals surface area contributed by atoms with Crippen molar-refractivity contribution in [1.29, 1.82) is 0 Å². The van der Waals surface area contributed by atoms with E-state index < -0.39 is 27.0 Å². The lowest BCUT2D eigenvalue weighted by molar-refractivity contribution is -0.137. The van der Waals surface area contributed by atoms with Crippen LogP contribution in [0.4, 0.5) is 0 Å². The van der Waals surface area contributed by atoms with E-state index >= 15 is 0 Å². The van der Waals surface area contributed by atoms with Crippen LogP contribution < -0.4 is 32.2 Å². The molecule has 0 radical (unpaired) electrons. The number of hydrogen-bond donors (Lipinski definition) is 6. The van der Waals surface area contributed by atoms with E-state index in [9.17, 15) is 18.7 Å². The van der Waals surface area contributed by atoms with Crippen molar-refractivity contribution in [3.05, 3.63) is 0 Å². The predicted molar refractivity (Wildman–Crippen MR) is 48.2 cm³/mol. The van der Waals surface area contributed by atoms with E-state index in [2.05, 4.69) is 0 Å². The van der Waals surface area contributed by atoms with Crippen molar-refractivity contribution in [1.82, 2.24) is 10.2 Å². The number of carbonyl (C=O) groups excluding carboxylic acids is 2. The largest absolute Gasteiger partial charge is 0.316 e. The van der Waals surface area contributed by atoms with Crippen molar-refractivity contribution in [3.63, 3.8) is 0 Å². The molecule has 2 amide bonds. The lowest BCUT2D eigenvalue weighted by Crippen LogP contribution is -2.41. The van der Waals surface area contributed by atoms with Crippen LogP contribution in [0.2, 0.25) is 0 Å². The third-order valence-electron chi connectivity index (χ3n) is 0.759. The van der Waals surface area contributed by atoms with Gasteiger partial charge in [0, 0.05) is 0 Å². The molecule has 0 bridgehead atoms. The van der Waals surface area contributed by atoms with Gasteiger partial charge in [0.2, 0.25) is 0 Å². The molecule has 0 aliphatic heterocycles. The highest BCUT2D eigenvalue weighted by Gasteiger charge is 2.23. The Hall–Kier alpha value is -0.760. The highest BCUT2D eigenvalue weighted by molar-refractivity contribution is 7.58. The highest BCUT2D eigenvalue weighted by Crippen LogP contribution is 2.19. The summed E-state index contributed by atoms with van der Waals surface area (Å²) in [6, 6.07) is 0. The van der Waals surface area contributed by atoms with Crippen LogP contribution in [0.15, 0.2) is 0 Å². The minimum absolute atomic E-state index is 1.44. The summed E-state index contributed by atoms with van der Waals surface area (Å²) >= 11 is 0. The van der Waals surface area contributed by atoms with Gasteiger partial charge < -0.3 is 0 Å². The second kappa shape index (κ2) is 4.18. The Morgan fingerprint density at radius 2 is 1.00 bits per heavy atom. The van der Waals surface area contributed by atoms with Crippen LogP contribution >= 0.6 is 15.2 Å². The Morgan fingerprint density at radius 1 is 0.786 bits per heavy atom. The second-order valence-corrected chi connectivity index (χ2v) is 5.59. The fraction of sp³-hybridized carbons (Fsp3) is 0. The van der Waals surface area contributed by atoms with E-state index in [0.717, 1.165) is 0 Å². The first-order valence-corrected chi connectivity index (χ1v) is 6.69. The van der Waals surface area contributed by atoms with Crippen LogP contribution in [0, 0.1) is 0 Å². The van der Waals surface area contributed by atoms with Crippen molar-refractivity contribution in [3.8, 4) is 0 Å². The van der Waals surface area contributed by atoms with Gasteiger partial charge in [0.15, 0.2) is 0 Å². The van der Waals surface area contributed by atoms with E-state index in [0.29, 0.717) is 0 Å². The Bertz CT molecular complexity index is 306. The second-order valence-electron chi connectivity index (χ2n) is 2.30. The van der Waals surface area contributed by atoms with E-state index in [1.54, 1.807) is 0 Å². The average Bonchev–Trinajstić information content (AvgIpc) is 1.78. The van der Waals surface area contributed by atoms with Gasteiger partial charge in [-0.05, 0) is 0 Å². The van der Waals surface area contributed by atoms with Crippen molar-refractivity contribution in [2.75, 3.05) is 0 Å². The molecule has 0 aliphatic rings. The maximum Gasteiger partial charge on any atom is 0.316 e. The summed E-state index contributed by atoms with van der Waals surface area (Å²) in [4.78, 5) is 21.5. The first-order chi connectivity index (χ1) is 6.01. The van der Waals surface area contributed by atoms with Gasteiger partial charge in [-0.25, -0.2) is 0 Å². The van der Waals surface area contributed by atoms with Crippen molar-refractivity contribution in [2.24, 2.45) is 22.0 Å². The number of amides is 2. The molecule has 0 rings (SSSR count). The van der Waals surface area contributed by atoms with Crippen LogP contribution in [-0.2, 0) is 18.7 Å². The summed E-state index contributed by atoms with van der Waals surface area (Å²) in [5.74, 6) is -2.87. The Balaban J connectivity index is 4.37. The SMILES string of the molecule is NP(N)(=O)NC(=O)C(=O)NP(N)(N)=O. The number of carbonyl (C=O) groups is 2. The highest BCUT2D eigenvalue weighted by atomic mass is 31.2. The molecule has 0 spiro atoms. The summed E-state index contributed by atoms with van der Waals surface area (Å²) in [5.41, 5.74) is 18.9. The van der Waals surface area contributed by atoms with Crippen LogP contribution in [-0.4, -0.2) is 11.8 Å². The number of hydrogen-bond acceptors (Lipinski definition) is 4. The zero-order valence-corrected chi connectivity index (χ0v) is 8.63. The fourth-order valence-corrected chi connectivity index (χ4v) is 1.26. The van der Waals surface area contributed by atoms with Gasteiger partial charge >= 0.3 is 27.0 Å². The molecular weight excluding hydrogens is 234 g/mol. The van der Waals surface area contributed by atoms with Gasteiger partial charge in [0.05, 0.1) is 0 Å². The molecule has 14 heavy (non-hydrogen) atoms. The molecule has 0 saturated carbocycles. The third kappa shape index (κ3) is 6.72. The molecule has 0 unspecified atom stereocenters. The molecule has 0 atom stereocenters. The molecule has 0 aromatic rings. The maximum atomic E-state index is 10.7. The number of nitrogens with one attached hydrogen (secondary N) is 2. The molecule has 12 heteroatoms. The summed E-state index contributed by atoms with van der Waals surface area (Å²) in [6.07, 6.45) is 0. The van der Waals surface area contributed by atoms with Gasteiger partial charge in [-0.2, -0.15) is 0 Å². The Labute approximate surface area is 78.8 Å². The van der Waals surface area contributed by atoms with Gasteiger partial charge in [-0.3, -0.25) is 50.9 Å². The number of rotatable bonds is 2. The molecule has 10 nitrogen and oxygen atoms in total. The molecule has 0 heterocycles. The minimum atomic E-state index is -3.87. The van der Waals surface area contributed by atoms with Gasteiger partial charge in [-0.15, -0.1) is 0 Å². The van der Waals surface area contributed by atoms with E-state index in [4.69, 9.17) is 22.0 Å². The van der Waals surface area contributed by atoms with E-state index in [1.165, 1.54) is 10.2 Å². The smallest absolute Gasteiger partial charge is 0.275 e. The first kappa shape index (κ1) is 13.2. The monoisotopic (exact) mass is 244 g/mol. The molecule has 0 aromatic carbocycles. The van der Waals surface area contributed by atoms with Gasteiger partial charge in [0.1, 0.15) is 0 Å². The Morgan fingerprint density at radius 3 is 1.14 bits per heavy atom. The summed E-state index contributed by atoms with van der Waals surface area (Å²) in [6.45, 7) is 0. The van der Waals surface area contributed by atoms with Gasteiger partial charge in [0.25, 0.3) is 0 Å². The predicted octanol–water partition coefficient (Wildman–Crippen LogP) is -2.73. The fourth-order valence-electron chi connectivity index (χ4n) is 0.419. The minimum Gasteiger partial charge on any atom is -0.275 e. The van der Waals surface area contributed by atoms with Crippen LogP contribution in [0.1, 0.15) is 0 Å². The third-order valence-corrected chi connectivity index (χ3v) is 1.86. The molecule has 0 saturated heterocycles.